The number of pyridine rings is 1. The molecular weight excluding hydrogens is 490 g/mol. The van der Waals surface area contributed by atoms with E-state index in [1.807, 2.05) is 61.5 Å². The topological polar surface area (TPSA) is 110 Å². The minimum Gasteiger partial charge on any atom is -0.493 e. The highest BCUT2D eigenvalue weighted by atomic mass is 16.5. The van der Waals surface area contributed by atoms with Crippen LogP contribution in [-0.4, -0.2) is 39.8 Å². The molecule has 2 aliphatic heterocycles. The number of rotatable bonds is 7. The van der Waals surface area contributed by atoms with E-state index in [0.717, 1.165) is 28.9 Å². The molecule has 1 fully saturated rings. The number of carbonyl (C=O) groups is 2. The highest BCUT2D eigenvalue weighted by Crippen LogP contribution is 2.42. The van der Waals surface area contributed by atoms with E-state index in [9.17, 15) is 9.59 Å². The molecule has 2 amide bonds. The van der Waals surface area contributed by atoms with Crippen molar-refractivity contribution in [1.82, 2.24) is 15.2 Å². The van der Waals surface area contributed by atoms with Gasteiger partial charge in [-0.1, -0.05) is 49.2 Å². The highest BCUT2D eigenvalue weighted by molar-refractivity contribution is 6.00. The third kappa shape index (κ3) is 5.24. The summed E-state index contributed by atoms with van der Waals surface area (Å²) < 4.78 is 5.75. The molecule has 1 saturated carbocycles. The average Bonchev–Trinajstić information content (AvgIpc) is 3.75. The molecule has 1 aromatic heterocycles. The first-order valence-electron chi connectivity index (χ1n) is 13.6. The number of benzene rings is 2. The van der Waals surface area contributed by atoms with Gasteiger partial charge >= 0.3 is 0 Å². The van der Waals surface area contributed by atoms with Crippen molar-refractivity contribution in [3.05, 3.63) is 95.3 Å². The Hall–Kier alpha value is -4.20. The fourth-order valence-electron chi connectivity index (χ4n) is 5.86. The van der Waals surface area contributed by atoms with Crippen LogP contribution in [0.15, 0.2) is 78.0 Å². The maximum atomic E-state index is 13.7. The van der Waals surface area contributed by atoms with Crippen molar-refractivity contribution in [3.63, 3.8) is 0 Å². The van der Waals surface area contributed by atoms with Crippen LogP contribution in [-0.2, 0) is 4.79 Å². The molecule has 3 atom stereocenters. The average molecular weight is 524 g/mol. The summed E-state index contributed by atoms with van der Waals surface area (Å²) in [5, 5.41) is 3.17. The summed E-state index contributed by atoms with van der Waals surface area (Å²) in [4.78, 5) is 37.8. The van der Waals surface area contributed by atoms with Crippen molar-refractivity contribution in [2.45, 2.75) is 56.7 Å². The Kier molecular flexibility index (Phi) is 6.54. The van der Waals surface area contributed by atoms with Crippen molar-refractivity contribution in [2.24, 2.45) is 16.6 Å². The molecule has 3 N–H and O–H groups in total. The van der Waals surface area contributed by atoms with Crippen LogP contribution in [0.1, 0.15) is 78.2 Å². The van der Waals surface area contributed by atoms with E-state index >= 15 is 0 Å². The van der Waals surface area contributed by atoms with Gasteiger partial charge in [0.2, 0.25) is 5.91 Å². The van der Waals surface area contributed by atoms with Gasteiger partial charge < -0.3 is 15.8 Å². The number of hydrogen-bond acceptors (Lipinski definition) is 6. The molecular formula is C31H33N5O3. The number of nitrogens with zero attached hydrogens (tertiary/aromatic N) is 3. The van der Waals surface area contributed by atoms with Crippen molar-refractivity contribution in [3.8, 4) is 5.75 Å². The number of ether oxygens (including phenoxy) is 1. The van der Waals surface area contributed by atoms with Gasteiger partial charge in [-0.2, -0.15) is 0 Å². The van der Waals surface area contributed by atoms with Crippen molar-refractivity contribution < 1.29 is 14.3 Å². The summed E-state index contributed by atoms with van der Waals surface area (Å²) in [5.41, 5.74) is 9.08. The number of hydrogen-bond donors (Lipinski definition) is 2. The molecule has 2 aromatic carbocycles. The van der Waals surface area contributed by atoms with E-state index in [2.05, 4.69) is 10.3 Å². The van der Waals surface area contributed by atoms with Gasteiger partial charge in [0.1, 0.15) is 5.75 Å². The van der Waals surface area contributed by atoms with E-state index in [-0.39, 0.29) is 23.8 Å². The Morgan fingerprint density at radius 3 is 2.72 bits per heavy atom. The second-order valence-electron chi connectivity index (χ2n) is 11.1. The maximum absolute atomic E-state index is 13.7. The number of carbonyl (C=O) groups excluding carboxylic acids is 2. The highest BCUT2D eigenvalue weighted by Gasteiger charge is 2.43. The van der Waals surface area contributed by atoms with Crippen molar-refractivity contribution >= 4 is 17.8 Å². The van der Waals surface area contributed by atoms with E-state index < -0.39 is 11.6 Å². The molecule has 3 aromatic rings. The van der Waals surface area contributed by atoms with E-state index in [1.165, 1.54) is 12.8 Å². The monoisotopic (exact) mass is 523 g/mol. The van der Waals surface area contributed by atoms with Gasteiger partial charge in [0.25, 0.3) is 5.91 Å². The zero-order valence-electron chi connectivity index (χ0n) is 22.0. The third-order valence-electron chi connectivity index (χ3n) is 7.84. The van der Waals surface area contributed by atoms with Gasteiger partial charge in [0, 0.05) is 29.9 Å². The summed E-state index contributed by atoms with van der Waals surface area (Å²) in [6.45, 7) is 2.56. The SMILES string of the molecule is C[C@@]1(CC2CC2)CC(=O)N([C@H](c2cccnc2)c2cccc(C(=O)N[C@H]3CCOc4ccccc43)c2)C(N)=N1. The quantitative estimate of drug-likeness (QED) is 0.473. The third-order valence-corrected chi connectivity index (χ3v) is 7.84. The predicted octanol–water partition coefficient (Wildman–Crippen LogP) is 4.53. The fourth-order valence-corrected chi connectivity index (χ4v) is 5.86. The Morgan fingerprint density at radius 1 is 1.13 bits per heavy atom. The van der Waals surface area contributed by atoms with Crippen LogP contribution >= 0.6 is 0 Å². The zero-order chi connectivity index (χ0) is 27.0. The fraction of sp³-hybridized carbons (Fsp3) is 0.355. The molecule has 0 bridgehead atoms. The number of nitrogens with two attached hydrogens (primary N) is 1. The molecule has 8 nitrogen and oxygen atoms in total. The molecule has 8 heteroatoms. The number of amides is 2. The number of aliphatic imine (C=N–C) groups is 1. The van der Waals surface area contributed by atoms with Crippen molar-refractivity contribution in [1.29, 1.82) is 0 Å². The number of aromatic nitrogens is 1. The van der Waals surface area contributed by atoms with Crippen LogP contribution in [0.25, 0.3) is 0 Å². The van der Waals surface area contributed by atoms with Gasteiger partial charge in [0.05, 0.1) is 30.7 Å². The van der Waals surface area contributed by atoms with E-state index in [0.29, 0.717) is 30.9 Å². The second-order valence-corrected chi connectivity index (χ2v) is 11.1. The summed E-state index contributed by atoms with van der Waals surface area (Å²) in [6, 6.07) is 18.2. The number of para-hydroxylation sites is 1. The van der Waals surface area contributed by atoms with Crippen LogP contribution < -0.4 is 15.8 Å². The molecule has 3 heterocycles. The molecule has 0 spiro atoms. The van der Waals surface area contributed by atoms with Crippen LogP contribution in [0, 0.1) is 5.92 Å². The normalized spacial score (nSPS) is 23.3. The molecule has 200 valence electrons. The first-order valence-corrected chi connectivity index (χ1v) is 13.6. The lowest BCUT2D eigenvalue weighted by Gasteiger charge is -2.39. The Bertz CT molecular complexity index is 1420. The van der Waals surface area contributed by atoms with Gasteiger partial charge in [-0.15, -0.1) is 0 Å². The molecule has 0 saturated heterocycles. The van der Waals surface area contributed by atoms with Crippen LogP contribution in [0.2, 0.25) is 0 Å². The van der Waals surface area contributed by atoms with Gasteiger partial charge in [-0.05, 0) is 54.7 Å². The minimum absolute atomic E-state index is 0.0758. The Morgan fingerprint density at radius 2 is 1.95 bits per heavy atom. The standard InChI is InChI=1S/C31H33N5O3/c1-31(17-20-11-12-20)18-27(37)36(30(32)35-31)28(23-8-5-14-33-19-23)21-6-4-7-22(16-21)29(38)34-25-13-15-39-26-10-3-2-9-24(25)26/h2-10,14,16,19-20,25,28H,11-13,15,17-18H2,1H3,(H2,32,35)(H,34,38)/t25-,28-,31+/m0/s1. The minimum atomic E-state index is -0.558. The first kappa shape index (κ1) is 25.1. The largest absolute Gasteiger partial charge is 0.493 e. The molecule has 6 rings (SSSR count). The number of nitrogens with one attached hydrogen (secondary N) is 1. The molecule has 0 unspecified atom stereocenters. The van der Waals surface area contributed by atoms with Crippen LogP contribution in [0.3, 0.4) is 0 Å². The first-order chi connectivity index (χ1) is 18.9. The summed E-state index contributed by atoms with van der Waals surface area (Å²) in [7, 11) is 0. The van der Waals surface area contributed by atoms with Gasteiger partial charge in [0.15, 0.2) is 5.96 Å². The molecule has 0 radical (unpaired) electrons. The lowest BCUT2D eigenvalue weighted by atomic mass is 9.88. The summed E-state index contributed by atoms with van der Waals surface area (Å²) in [5.74, 6) is 1.36. The smallest absolute Gasteiger partial charge is 0.251 e. The Labute approximate surface area is 228 Å². The molecule has 39 heavy (non-hydrogen) atoms. The number of fused-ring (bicyclic) bond motifs is 1. The van der Waals surface area contributed by atoms with Crippen LogP contribution in [0.5, 0.6) is 5.75 Å². The number of guanidine groups is 1. The van der Waals surface area contributed by atoms with Gasteiger partial charge in [-0.25, -0.2) is 4.99 Å². The Balaban J connectivity index is 1.31. The second kappa shape index (κ2) is 10.2. The van der Waals surface area contributed by atoms with Gasteiger partial charge in [-0.3, -0.25) is 19.5 Å². The van der Waals surface area contributed by atoms with Crippen molar-refractivity contribution in [2.75, 3.05) is 6.61 Å². The predicted molar refractivity (Wildman–Crippen MR) is 148 cm³/mol. The van der Waals surface area contributed by atoms with E-state index in [4.69, 9.17) is 15.5 Å². The zero-order valence-corrected chi connectivity index (χ0v) is 22.0. The summed E-state index contributed by atoms with van der Waals surface area (Å²) >= 11 is 0. The summed E-state index contributed by atoms with van der Waals surface area (Å²) in [6.07, 6.45) is 7.66. The molecule has 3 aliphatic rings. The maximum Gasteiger partial charge on any atom is 0.251 e. The lowest BCUT2D eigenvalue weighted by Crippen LogP contribution is -2.52. The van der Waals surface area contributed by atoms with E-state index in [1.54, 1.807) is 23.4 Å². The lowest BCUT2D eigenvalue weighted by molar-refractivity contribution is -0.130. The molecule has 1 aliphatic carbocycles. The van der Waals surface area contributed by atoms with Crippen LogP contribution in [0.4, 0.5) is 0 Å².